The molecule has 0 aromatic heterocycles. The fourth-order valence-electron chi connectivity index (χ4n) is 3.02. The van der Waals surface area contributed by atoms with Crippen LogP contribution >= 0.6 is 11.8 Å². The number of hydrogen-bond donors (Lipinski definition) is 0. The van der Waals surface area contributed by atoms with Crippen molar-refractivity contribution in [1.29, 1.82) is 0 Å². The van der Waals surface area contributed by atoms with Crippen LogP contribution in [0, 0.1) is 13.8 Å². The second-order valence-corrected chi connectivity index (χ2v) is 8.36. The summed E-state index contributed by atoms with van der Waals surface area (Å²) < 4.78 is 10.7. The average Bonchev–Trinajstić information content (AvgIpc) is 2.85. The highest BCUT2D eigenvalue weighted by Crippen LogP contribution is 2.37. The molecule has 0 bridgehead atoms. The molecule has 3 rings (SSSR count). The summed E-state index contributed by atoms with van der Waals surface area (Å²) in [5, 5.41) is 0.424. The number of esters is 1. The van der Waals surface area contributed by atoms with Gasteiger partial charge in [0.1, 0.15) is 5.75 Å². The summed E-state index contributed by atoms with van der Waals surface area (Å²) in [4.78, 5) is 27.5. The number of hydrogen-bond acceptors (Lipinski definition) is 5. The third-order valence-electron chi connectivity index (χ3n) is 4.80. The monoisotopic (exact) mass is 399 g/mol. The SMILES string of the molecule is Cc1cccc(OCC(=O)OCC(=O)N2CC[C@@H](C)Sc3ccccc32)c1C. The van der Waals surface area contributed by atoms with Gasteiger partial charge in [0.2, 0.25) is 0 Å². The Bertz CT molecular complexity index is 867. The molecule has 1 aliphatic rings. The lowest BCUT2D eigenvalue weighted by Crippen LogP contribution is -2.36. The van der Waals surface area contributed by atoms with E-state index in [1.807, 2.05) is 56.3 Å². The van der Waals surface area contributed by atoms with E-state index in [4.69, 9.17) is 9.47 Å². The van der Waals surface area contributed by atoms with Crippen molar-refractivity contribution in [2.45, 2.75) is 37.3 Å². The number of fused-ring (bicyclic) bond motifs is 1. The van der Waals surface area contributed by atoms with Gasteiger partial charge in [-0.05, 0) is 49.6 Å². The van der Waals surface area contributed by atoms with Gasteiger partial charge in [-0.1, -0.05) is 31.2 Å². The molecule has 0 saturated heterocycles. The van der Waals surface area contributed by atoms with E-state index in [0.717, 1.165) is 28.1 Å². The van der Waals surface area contributed by atoms with Crippen LogP contribution in [0.5, 0.6) is 5.75 Å². The zero-order valence-corrected chi connectivity index (χ0v) is 17.3. The van der Waals surface area contributed by atoms with Crippen LogP contribution in [0.1, 0.15) is 24.5 Å². The zero-order chi connectivity index (χ0) is 20.1. The molecule has 2 aromatic carbocycles. The first-order valence-corrected chi connectivity index (χ1v) is 10.2. The molecule has 6 heteroatoms. The predicted molar refractivity (Wildman–Crippen MR) is 111 cm³/mol. The van der Waals surface area contributed by atoms with Crippen LogP contribution < -0.4 is 9.64 Å². The van der Waals surface area contributed by atoms with Gasteiger partial charge in [-0.25, -0.2) is 4.79 Å². The standard InChI is InChI=1S/C22H25NO4S/c1-15-7-6-9-19(17(15)3)26-14-22(25)27-13-21(24)23-12-11-16(2)28-20-10-5-4-8-18(20)23/h4-10,16H,11-14H2,1-3H3/t16-/m1/s1. The smallest absolute Gasteiger partial charge is 0.344 e. The molecule has 148 valence electrons. The largest absolute Gasteiger partial charge is 0.482 e. The Kier molecular flexibility index (Phi) is 6.62. The van der Waals surface area contributed by atoms with Gasteiger partial charge in [-0.3, -0.25) is 4.79 Å². The third-order valence-corrected chi connectivity index (χ3v) is 6.04. The summed E-state index contributed by atoms with van der Waals surface area (Å²) in [5.41, 5.74) is 2.96. The first kappa shape index (κ1) is 20.3. The van der Waals surface area contributed by atoms with Crippen LogP contribution in [-0.2, 0) is 14.3 Å². The number of amides is 1. The highest BCUT2D eigenvalue weighted by molar-refractivity contribution is 8.00. The van der Waals surface area contributed by atoms with E-state index in [9.17, 15) is 9.59 Å². The fourth-order valence-corrected chi connectivity index (χ4v) is 4.14. The molecule has 1 atom stereocenters. The number of carbonyl (C=O) groups excluding carboxylic acids is 2. The summed E-state index contributed by atoms with van der Waals surface area (Å²) in [5.74, 6) is -0.127. The van der Waals surface area contributed by atoms with Gasteiger partial charge in [0.25, 0.3) is 5.91 Å². The molecule has 0 unspecified atom stereocenters. The van der Waals surface area contributed by atoms with E-state index in [1.165, 1.54) is 0 Å². The Balaban J connectivity index is 1.56. The van der Waals surface area contributed by atoms with Crippen LogP contribution in [0.3, 0.4) is 0 Å². The average molecular weight is 400 g/mol. The Morgan fingerprint density at radius 3 is 2.71 bits per heavy atom. The Hall–Kier alpha value is -2.47. The van der Waals surface area contributed by atoms with Crippen molar-refractivity contribution in [3.05, 3.63) is 53.6 Å². The summed E-state index contributed by atoms with van der Waals surface area (Å²) in [6.45, 7) is 6.18. The summed E-state index contributed by atoms with van der Waals surface area (Å²) in [7, 11) is 0. The number of rotatable bonds is 5. The number of carbonyl (C=O) groups is 2. The maximum Gasteiger partial charge on any atom is 0.344 e. The van der Waals surface area contributed by atoms with E-state index in [2.05, 4.69) is 6.92 Å². The molecule has 5 nitrogen and oxygen atoms in total. The lowest BCUT2D eigenvalue weighted by atomic mass is 10.1. The molecular formula is C22H25NO4S. The first-order chi connectivity index (χ1) is 13.5. The highest BCUT2D eigenvalue weighted by atomic mass is 32.2. The van der Waals surface area contributed by atoms with Crippen molar-refractivity contribution in [2.75, 3.05) is 24.7 Å². The van der Waals surface area contributed by atoms with Gasteiger partial charge in [-0.2, -0.15) is 0 Å². The fraction of sp³-hybridized carbons (Fsp3) is 0.364. The maximum absolute atomic E-state index is 12.7. The minimum Gasteiger partial charge on any atom is -0.482 e. The normalized spacial score (nSPS) is 16.1. The Morgan fingerprint density at radius 2 is 1.89 bits per heavy atom. The van der Waals surface area contributed by atoms with Crippen molar-refractivity contribution < 1.29 is 19.1 Å². The lowest BCUT2D eigenvalue weighted by molar-refractivity contribution is -0.149. The number of nitrogens with zero attached hydrogens (tertiary/aromatic N) is 1. The molecule has 28 heavy (non-hydrogen) atoms. The molecule has 1 heterocycles. The van der Waals surface area contributed by atoms with Gasteiger partial charge >= 0.3 is 5.97 Å². The van der Waals surface area contributed by atoms with Gasteiger partial charge < -0.3 is 14.4 Å². The van der Waals surface area contributed by atoms with Gasteiger partial charge in [-0.15, -0.1) is 11.8 Å². The van der Waals surface area contributed by atoms with Gasteiger partial charge in [0.15, 0.2) is 13.2 Å². The van der Waals surface area contributed by atoms with Crippen LogP contribution in [0.25, 0.3) is 0 Å². The van der Waals surface area contributed by atoms with E-state index < -0.39 is 5.97 Å². The van der Waals surface area contributed by atoms with E-state index in [1.54, 1.807) is 16.7 Å². The van der Waals surface area contributed by atoms with Crippen LogP contribution in [0.15, 0.2) is 47.4 Å². The van der Waals surface area contributed by atoms with E-state index >= 15 is 0 Å². The molecule has 2 aromatic rings. The molecule has 0 N–H and O–H groups in total. The van der Waals surface area contributed by atoms with Crippen molar-refractivity contribution in [1.82, 2.24) is 0 Å². The zero-order valence-electron chi connectivity index (χ0n) is 16.4. The topological polar surface area (TPSA) is 55.8 Å². The second kappa shape index (κ2) is 9.15. The molecule has 0 radical (unpaired) electrons. The number of anilines is 1. The van der Waals surface area contributed by atoms with Crippen LogP contribution in [-0.4, -0.2) is 36.9 Å². The third kappa shape index (κ3) is 4.87. The van der Waals surface area contributed by atoms with Crippen molar-refractivity contribution in [3.8, 4) is 5.75 Å². The van der Waals surface area contributed by atoms with Crippen LogP contribution in [0.2, 0.25) is 0 Å². The lowest BCUT2D eigenvalue weighted by Gasteiger charge is -2.22. The maximum atomic E-state index is 12.7. The highest BCUT2D eigenvalue weighted by Gasteiger charge is 2.24. The Morgan fingerprint density at radius 1 is 1.11 bits per heavy atom. The summed E-state index contributed by atoms with van der Waals surface area (Å²) in [6, 6.07) is 13.5. The first-order valence-electron chi connectivity index (χ1n) is 9.36. The molecule has 0 spiro atoms. The molecular weight excluding hydrogens is 374 g/mol. The van der Waals surface area contributed by atoms with Crippen molar-refractivity contribution >= 4 is 29.3 Å². The number of ether oxygens (including phenoxy) is 2. The minimum absolute atomic E-state index is 0.220. The summed E-state index contributed by atoms with van der Waals surface area (Å²) >= 11 is 1.76. The molecule has 1 aliphatic heterocycles. The number of aryl methyl sites for hydroxylation is 1. The number of thioether (sulfide) groups is 1. The van der Waals surface area contributed by atoms with E-state index in [0.29, 0.717) is 17.5 Å². The quantitative estimate of drug-likeness (QED) is 0.707. The van der Waals surface area contributed by atoms with Gasteiger partial charge in [0.05, 0.1) is 5.69 Å². The van der Waals surface area contributed by atoms with Gasteiger partial charge in [0, 0.05) is 16.7 Å². The molecule has 0 saturated carbocycles. The van der Waals surface area contributed by atoms with E-state index in [-0.39, 0.29) is 19.1 Å². The predicted octanol–water partition coefficient (Wildman–Crippen LogP) is 4.14. The Labute approximate surface area is 170 Å². The van der Waals surface area contributed by atoms with Crippen LogP contribution in [0.4, 0.5) is 5.69 Å². The second-order valence-electron chi connectivity index (χ2n) is 6.88. The number of benzene rings is 2. The molecule has 1 amide bonds. The molecule has 0 aliphatic carbocycles. The minimum atomic E-state index is -0.555. The van der Waals surface area contributed by atoms with Crippen molar-refractivity contribution in [2.24, 2.45) is 0 Å². The number of para-hydroxylation sites is 1. The van der Waals surface area contributed by atoms with Crippen molar-refractivity contribution in [3.63, 3.8) is 0 Å². The molecule has 0 fully saturated rings. The summed E-state index contributed by atoms with van der Waals surface area (Å²) in [6.07, 6.45) is 0.884.